The van der Waals surface area contributed by atoms with Gasteiger partial charge in [0.05, 0.1) is 18.2 Å². The van der Waals surface area contributed by atoms with E-state index in [2.05, 4.69) is 10.3 Å². The monoisotopic (exact) mass is 255 g/mol. The quantitative estimate of drug-likeness (QED) is 0.916. The third-order valence-electron chi connectivity index (χ3n) is 2.42. The first kappa shape index (κ1) is 12.7. The van der Waals surface area contributed by atoms with Gasteiger partial charge in [0.15, 0.2) is 0 Å². The van der Waals surface area contributed by atoms with Gasteiger partial charge < -0.3 is 5.32 Å². The van der Waals surface area contributed by atoms with Crippen LogP contribution in [0.2, 0.25) is 0 Å². The number of rotatable bonds is 3. The SMILES string of the molecule is N#CCc1cc(C(=O)Nc2cccc(F)c2)ccn1. The highest BCUT2D eigenvalue weighted by Crippen LogP contribution is 2.11. The van der Waals surface area contributed by atoms with Crippen LogP contribution in [0.4, 0.5) is 10.1 Å². The average molecular weight is 255 g/mol. The van der Waals surface area contributed by atoms with Crippen molar-refractivity contribution >= 4 is 11.6 Å². The highest BCUT2D eigenvalue weighted by Gasteiger charge is 2.07. The molecule has 4 nitrogen and oxygen atoms in total. The van der Waals surface area contributed by atoms with Crippen LogP contribution in [0.15, 0.2) is 42.6 Å². The molecule has 2 aromatic rings. The summed E-state index contributed by atoms with van der Waals surface area (Å²) in [5.41, 5.74) is 1.28. The minimum atomic E-state index is -0.419. The Morgan fingerprint density at radius 2 is 2.21 bits per heavy atom. The maximum Gasteiger partial charge on any atom is 0.255 e. The number of nitriles is 1. The first-order valence-electron chi connectivity index (χ1n) is 5.58. The highest BCUT2D eigenvalue weighted by atomic mass is 19.1. The summed E-state index contributed by atoms with van der Waals surface area (Å²) in [5.74, 6) is -0.787. The summed E-state index contributed by atoms with van der Waals surface area (Å²) < 4.78 is 13.0. The molecule has 0 aliphatic rings. The smallest absolute Gasteiger partial charge is 0.255 e. The number of amides is 1. The van der Waals surface area contributed by atoms with Crippen LogP contribution < -0.4 is 5.32 Å². The van der Waals surface area contributed by atoms with Crippen LogP contribution in [0, 0.1) is 17.1 Å². The Labute approximate surface area is 109 Å². The van der Waals surface area contributed by atoms with Crippen molar-refractivity contribution in [2.45, 2.75) is 6.42 Å². The lowest BCUT2D eigenvalue weighted by atomic mass is 10.2. The van der Waals surface area contributed by atoms with Gasteiger partial charge in [-0.25, -0.2) is 4.39 Å². The van der Waals surface area contributed by atoms with Crippen molar-refractivity contribution in [3.63, 3.8) is 0 Å². The second-order valence-electron chi connectivity index (χ2n) is 3.84. The molecule has 1 aromatic carbocycles. The molecule has 2 rings (SSSR count). The predicted octanol–water partition coefficient (Wildman–Crippen LogP) is 2.54. The Hall–Kier alpha value is -2.74. The molecule has 1 N–H and O–H groups in total. The van der Waals surface area contributed by atoms with E-state index in [0.29, 0.717) is 16.9 Å². The number of hydrogen-bond donors (Lipinski definition) is 1. The molecule has 0 aliphatic heterocycles. The van der Waals surface area contributed by atoms with E-state index in [9.17, 15) is 9.18 Å². The second kappa shape index (κ2) is 5.74. The molecular formula is C14H10FN3O. The van der Waals surface area contributed by atoms with E-state index < -0.39 is 5.82 Å². The second-order valence-corrected chi connectivity index (χ2v) is 3.84. The van der Waals surface area contributed by atoms with Crippen molar-refractivity contribution in [1.29, 1.82) is 5.26 Å². The van der Waals surface area contributed by atoms with Crippen molar-refractivity contribution in [3.8, 4) is 6.07 Å². The number of carbonyl (C=O) groups is 1. The maximum absolute atomic E-state index is 13.0. The van der Waals surface area contributed by atoms with Crippen molar-refractivity contribution in [3.05, 3.63) is 59.7 Å². The van der Waals surface area contributed by atoms with Crippen molar-refractivity contribution in [1.82, 2.24) is 4.98 Å². The minimum absolute atomic E-state index is 0.140. The molecule has 0 saturated heterocycles. The number of nitrogens with one attached hydrogen (secondary N) is 1. The Morgan fingerprint density at radius 3 is 2.95 bits per heavy atom. The first-order valence-corrected chi connectivity index (χ1v) is 5.58. The number of benzene rings is 1. The molecule has 0 atom stereocenters. The average Bonchev–Trinajstić information content (AvgIpc) is 2.39. The fourth-order valence-corrected chi connectivity index (χ4v) is 1.57. The highest BCUT2D eigenvalue weighted by molar-refractivity contribution is 6.04. The summed E-state index contributed by atoms with van der Waals surface area (Å²) in [6.07, 6.45) is 1.61. The number of halogens is 1. The van der Waals surface area contributed by atoms with E-state index in [0.717, 1.165) is 0 Å². The summed E-state index contributed by atoms with van der Waals surface area (Å²) in [5, 5.41) is 11.2. The lowest BCUT2D eigenvalue weighted by molar-refractivity contribution is 0.102. The third kappa shape index (κ3) is 3.36. The number of nitrogens with zero attached hydrogens (tertiary/aromatic N) is 2. The van der Waals surface area contributed by atoms with E-state index in [-0.39, 0.29) is 12.3 Å². The van der Waals surface area contributed by atoms with Gasteiger partial charge in [0.25, 0.3) is 5.91 Å². The summed E-state index contributed by atoms with van der Waals surface area (Å²) in [6.45, 7) is 0. The number of carbonyl (C=O) groups excluding carboxylic acids is 1. The molecule has 1 aromatic heterocycles. The zero-order valence-electron chi connectivity index (χ0n) is 9.93. The standard InChI is InChI=1S/C14H10FN3O/c15-11-2-1-3-13(9-11)18-14(19)10-5-7-17-12(8-10)4-6-16/h1-3,5,7-9H,4H2,(H,18,19). The van der Waals surface area contributed by atoms with Gasteiger partial charge in [-0.1, -0.05) is 6.07 Å². The van der Waals surface area contributed by atoms with Crippen LogP contribution in [0.3, 0.4) is 0 Å². The fourth-order valence-electron chi connectivity index (χ4n) is 1.57. The van der Waals surface area contributed by atoms with Crippen molar-refractivity contribution in [2.75, 3.05) is 5.32 Å². The molecule has 0 aliphatic carbocycles. The normalized spacial score (nSPS) is 9.68. The molecule has 1 heterocycles. The van der Waals surface area contributed by atoms with Gasteiger partial charge in [0, 0.05) is 17.4 Å². The molecule has 0 fully saturated rings. The largest absolute Gasteiger partial charge is 0.322 e. The molecule has 0 unspecified atom stereocenters. The Morgan fingerprint density at radius 1 is 1.37 bits per heavy atom. The minimum Gasteiger partial charge on any atom is -0.322 e. The van der Waals surface area contributed by atoms with Gasteiger partial charge in [-0.3, -0.25) is 9.78 Å². The van der Waals surface area contributed by atoms with Crippen LogP contribution >= 0.6 is 0 Å². The first-order chi connectivity index (χ1) is 9.19. The van der Waals surface area contributed by atoms with Gasteiger partial charge in [-0.15, -0.1) is 0 Å². The van der Waals surface area contributed by atoms with Gasteiger partial charge in [0.2, 0.25) is 0 Å². The summed E-state index contributed by atoms with van der Waals surface area (Å²) >= 11 is 0. The maximum atomic E-state index is 13.0. The zero-order chi connectivity index (χ0) is 13.7. The van der Waals surface area contributed by atoms with Gasteiger partial charge in [-0.2, -0.15) is 5.26 Å². The molecule has 0 saturated carbocycles. The molecule has 0 spiro atoms. The van der Waals surface area contributed by atoms with Crippen molar-refractivity contribution < 1.29 is 9.18 Å². The summed E-state index contributed by atoms with van der Waals surface area (Å²) in [7, 11) is 0. The molecule has 19 heavy (non-hydrogen) atoms. The van der Waals surface area contributed by atoms with Gasteiger partial charge >= 0.3 is 0 Å². The summed E-state index contributed by atoms with van der Waals surface area (Å²) in [6, 6.07) is 10.7. The van der Waals surface area contributed by atoms with Crippen LogP contribution in [0.25, 0.3) is 0 Å². The summed E-state index contributed by atoms with van der Waals surface area (Å²) in [4.78, 5) is 15.9. The lowest BCUT2D eigenvalue weighted by Crippen LogP contribution is -2.12. The Balaban J connectivity index is 2.16. The molecule has 0 radical (unpaired) electrons. The molecular weight excluding hydrogens is 245 g/mol. The van der Waals surface area contributed by atoms with E-state index in [1.165, 1.54) is 36.5 Å². The van der Waals surface area contributed by atoms with Crippen LogP contribution in [0.5, 0.6) is 0 Å². The number of pyridine rings is 1. The van der Waals surface area contributed by atoms with E-state index in [1.807, 2.05) is 6.07 Å². The predicted molar refractivity (Wildman–Crippen MR) is 67.9 cm³/mol. The van der Waals surface area contributed by atoms with E-state index >= 15 is 0 Å². The molecule has 1 amide bonds. The number of anilines is 1. The molecule has 94 valence electrons. The van der Waals surface area contributed by atoms with E-state index in [1.54, 1.807) is 6.07 Å². The van der Waals surface area contributed by atoms with E-state index in [4.69, 9.17) is 5.26 Å². The van der Waals surface area contributed by atoms with Crippen LogP contribution in [-0.2, 0) is 6.42 Å². The van der Waals surface area contributed by atoms with Crippen molar-refractivity contribution in [2.24, 2.45) is 0 Å². The van der Waals surface area contributed by atoms with Gasteiger partial charge in [-0.05, 0) is 30.3 Å². The zero-order valence-corrected chi connectivity index (χ0v) is 9.93. The topological polar surface area (TPSA) is 65.8 Å². The number of hydrogen-bond acceptors (Lipinski definition) is 3. The fraction of sp³-hybridized carbons (Fsp3) is 0.0714. The lowest BCUT2D eigenvalue weighted by Gasteiger charge is -2.05. The molecule has 5 heteroatoms. The third-order valence-corrected chi connectivity index (χ3v) is 2.42. The molecule has 0 bridgehead atoms. The van der Waals surface area contributed by atoms with Crippen LogP contribution in [-0.4, -0.2) is 10.9 Å². The van der Waals surface area contributed by atoms with Gasteiger partial charge in [0.1, 0.15) is 5.82 Å². The number of aromatic nitrogens is 1. The van der Waals surface area contributed by atoms with Crippen LogP contribution in [0.1, 0.15) is 16.1 Å². The Bertz CT molecular complexity index is 649. The Kier molecular flexibility index (Phi) is 3.84.